The van der Waals surface area contributed by atoms with Crippen molar-refractivity contribution in [1.82, 2.24) is 10.0 Å². The molecule has 0 spiro atoms. The second kappa shape index (κ2) is 8.47. The maximum Gasteiger partial charge on any atom is 0.251 e. The van der Waals surface area contributed by atoms with E-state index >= 15 is 0 Å². The normalized spacial score (nSPS) is 15.5. The van der Waals surface area contributed by atoms with Crippen molar-refractivity contribution in [3.8, 4) is 0 Å². The Labute approximate surface area is 154 Å². The van der Waals surface area contributed by atoms with Gasteiger partial charge in [-0.3, -0.25) is 4.79 Å². The number of amides is 1. The smallest absolute Gasteiger partial charge is 0.251 e. The molecule has 0 atom stereocenters. The van der Waals surface area contributed by atoms with Gasteiger partial charge in [0.15, 0.2) is 0 Å². The van der Waals surface area contributed by atoms with Gasteiger partial charge in [0, 0.05) is 18.2 Å². The number of carbonyl (C=O) groups excluding carboxylic acids is 1. The van der Waals surface area contributed by atoms with Crippen molar-refractivity contribution in [1.29, 1.82) is 0 Å². The Morgan fingerprint density at radius 3 is 2.23 bits per heavy atom. The van der Waals surface area contributed by atoms with Crippen molar-refractivity contribution in [2.75, 3.05) is 0 Å². The molecule has 26 heavy (non-hydrogen) atoms. The summed E-state index contributed by atoms with van der Waals surface area (Å²) in [6.07, 6.45) is 5.56. The molecule has 1 saturated carbocycles. The number of benzene rings is 2. The Balaban J connectivity index is 1.61. The summed E-state index contributed by atoms with van der Waals surface area (Å²) in [5, 5.41) is 3.04. The molecule has 0 bridgehead atoms. The molecule has 2 N–H and O–H groups in total. The van der Waals surface area contributed by atoms with Crippen LogP contribution in [-0.4, -0.2) is 20.4 Å². The van der Waals surface area contributed by atoms with E-state index < -0.39 is 10.0 Å². The van der Waals surface area contributed by atoms with Crippen molar-refractivity contribution >= 4 is 15.9 Å². The van der Waals surface area contributed by atoms with Crippen LogP contribution in [0.5, 0.6) is 0 Å². The summed E-state index contributed by atoms with van der Waals surface area (Å²) in [4.78, 5) is 12.5. The van der Waals surface area contributed by atoms with Gasteiger partial charge in [0.2, 0.25) is 10.0 Å². The first-order chi connectivity index (χ1) is 12.5. The molecule has 0 saturated heterocycles. The molecule has 0 unspecified atom stereocenters. The zero-order valence-electron chi connectivity index (χ0n) is 14.6. The SMILES string of the molecule is O=C(NC1CCCCC1)c1ccc(S(=O)(=O)NCc2ccccc2)cc1. The predicted molar refractivity (Wildman–Crippen MR) is 101 cm³/mol. The average molecular weight is 372 g/mol. The molecule has 1 aliphatic carbocycles. The zero-order valence-corrected chi connectivity index (χ0v) is 15.5. The van der Waals surface area contributed by atoms with Crippen molar-refractivity contribution < 1.29 is 13.2 Å². The maximum atomic E-state index is 12.4. The molecule has 3 rings (SSSR count). The monoisotopic (exact) mass is 372 g/mol. The second-order valence-corrected chi connectivity index (χ2v) is 8.41. The van der Waals surface area contributed by atoms with Gasteiger partial charge in [-0.25, -0.2) is 13.1 Å². The first kappa shape index (κ1) is 18.6. The fourth-order valence-corrected chi connectivity index (χ4v) is 4.18. The molecule has 0 aliphatic heterocycles. The third kappa shape index (κ3) is 4.93. The summed E-state index contributed by atoms with van der Waals surface area (Å²) < 4.78 is 27.4. The van der Waals surface area contributed by atoms with Crippen LogP contribution in [-0.2, 0) is 16.6 Å². The number of hydrogen-bond acceptors (Lipinski definition) is 3. The van der Waals surface area contributed by atoms with Gasteiger partial charge in [0.1, 0.15) is 0 Å². The van der Waals surface area contributed by atoms with Gasteiger partial charge in [-0.2, -0.15) is 0 Å². The second-order valence-electron chi connectivity index (χ2n) is 6.64. The Hall–Kier alpha value is -2.18. The molecule has 1 aliphatic rings. The Bertz CT molecular complexity index is 827. The minimum atomic E-state index is -3.61. The van der Waals surface area contributed by atoms with Gasteiger partial charge in [-0.15, -0.1) is 0 Å². The molecule has 1 amide bonds. The largest absolute Gasteiger partial charge is 0.349 e. The fourth-order valence-electron chi connectivity index (χ4n) is 3.16. The molecule has 5 nitrogen and oxygen atoms in total. The van der Waals surface area contributed by atoms with Crippen molar-refractivity contribution in [2.45, 2.75) is 49.6 Å². The van der Waals surface area contributed by atoms with Crippen LogP contribution >= 0.6 is 0 Å². The van der Waals surface area contributed by atoms with Crippen LogP contribution in [0.3, 0.4) is 0 Å². The summed E-state index contributed by atoms with van der Waals surface area (Å²) in [7, 11) is -3.61. The number of hydrogen-bond donors (Lipinski definition) is 2. The van der Waals surface area contributed by atoms with Crippen LogP contribution < -0.4 is 10.0 Å². The van der Waals surface area contributed by atoms with Crippen LogP contribution in [0.25, 0.3) is 0 Å². The predicted octanol–water partition coefficient (Wildman–Crippen LogP) is 3.23. The third-order valence-electron chi connectivity index (χ3n) is 4.68. The average Bonchev–Trinajstić information content (AvgIpc) is 2.68. The summed E-state index contributed by atoms with van der Waals surface area (Å²) >= 11 is 0. The summed E-state index contributed by atoms with van der Waals surface area (Å²) in [5.74, 6) is -0.141. The third-order valence-corrected chi connectivity index (χ3v) is 6.09. The first-order valence-corrected chi connectivity index (χ1v) is 10.5. The molecule has 2 aromatic carbocycles. The molecule has 2 aromatic rings. The van der Waals surface area contributed by atoms with E-state index in [9.17, 15) is 13.2 Å². The van der Waals surface area contributed by atoms with Gasteiger partial charge < -0.3 is 5.32 Å². The molecule has 1 fully saturated rings. The number of rotatable bonds is 6. The first-order valence-electron chi connectivity index (χ1n) is 8.99. The van der Waals surface area contributed by atoms with Crippen LogP contribution in [0.15, 0.2) is 59.5 Å². The number of sulfonamides is 1. The lowest BCUT2D eigenvalue weighted by Gasteiger charge is -2.22. The molecule has 0 heterocycles. The van der Waals surface area contributed by atoms with Gasteiger partial charge in [-0.1, -0.05) is 49.6 Å². The highest BCUT2D eigenvalue weighted by molar-refractivity contribution is 7.89. The van der Waals surface area contributed by atoms with Crippen LogP contribution in [0.4, 0.5) is 0 Å². The molecule has 6 heteroatoms. The van der Waals surface area contributed by atoms with E-state index in [2.05, 4.69) is 10.0 Å². The Morgan fingerprint density at radius 1 is 0.923 bits per heavy atom. The van der Waals surface area contributed by atoms with E-state index in [1.54, 1.807) is 12.1 Å². The van der Waals surface area contributed by atoms with Crippen LogP contribution in [0.1, 0.15) is 48.0 Å². The highest BCUT2D eigenvalue weighted by Gasteiger charge is 2.18. The lowest BCUT2D eigenvalue weighted by atomic mass is 9.95. The number of nitrogens with one attached hydrogen (secondary N) is 2. The lowest BCUT2D eigenvalue weighted by Crippen LogP contribution is -2.36. The Kier molecular flexibility index (Phi) is 6.06. The van der Waals surface area contributed by atoms with Crippen molar-refractivity contribution in [3.63, 3.8) is 0 Å². The molecular weight excluding hydrogens is 348 g/mol. The fraction of sp³-hybridized carbons (Fsp3) is 0.350. The summed E-state index contributed by atoms with van der Waals surface area (Å²) in [6, 6.07) is 15.6. The molecule has 0 aromatic heterocycles. The quantitative estimate of drug-likeness (QED) is 0.817. The standard InChI is InChI=1S/C20H24N2O3S/c23-20(22-18-9-5-2-6-10-18)17-11-13-19(14-12-17)26(24,25)21-15-16-7-3-1-4-8-16/h1,3-4,7-8,11-14,18,21H,2,5-6,9-10,15H2,(H,22,23). The van der Waals surface area contributed by atoms with Crippen molar-refractivity contribution in [2.24, 2.45) is 0 Å². The van der Waals surface area contributed by atoms with Gasteiger partial charge in [0.25, 0.3) is 5.91 Å². The summed E-state index contributed by atoms with van der Waals surface area (Å²) in [5.41, 5.74) is 1.37. The van der Waals surface area contributed by atoms with Gasteiger partial charge in [0.05, 0.1) is 4.90 Å². The minimum absolute atomic E-state index is 0.141. The van der Waals surface area contributed by atoms with Gasteiger partial charge in [-0.05, 0) is 42.7 Å². The van der Waals surface area contributed by atoms with E-state index in [-0.39, 0.29) is 23.4 Å². The molecule has 138 valence electrons. The Morgan fingerprint density at radius 2 is 1.58 bits per heavy atom. The summed E-state index contributed by atoms with van der Waals surface area (Å²) in [6.45, 7) is 0.229. The minimum Gasteiger partial charge on any atom is -0.349 e. The molecular formula is C20H24N2O3S. The van der Waals surface area contributed by atoms with Gasteiger partial charge >= 0.3 is 0 Å². The van der Waals surface area contributed by atoms with E-state index in [1.807, 2.05) is 30.3 Å². The van der Waals surface area contributed by atoms with Crippen molar-refractivity contribution in [3.05, 3.63) is 65.7 Å². The van der Waals surface area contributed by atoms with E-state index in [1.165, 1.54) is 18.6 Å². The lowest BCUT2D eigenvalue weighted by molar-refractivity contribution is 0.0927. The molecule has 0 radical (unpaired) electrons. The van der Waals surface area contributed by atoms with E-state index in [0.717, 1.165) is 31.2 Å². The number of carbonyl (C=O) groups is 1. The highest BCUT2D eigenvalue weighted by Crippen LogP contribution is 2.18. The van der Waals surface area contributed by atoms with Crippen LogP contribution in [0, 0.1) is 0 Å². The van der Waals surface area contributed by atoms with E-state index in [4.69, 9.17) is 0 Å². The highest BCUT2D eigenvalue weighted by atomic mass is 32.2. The zero-order chi connectivity index (χ0) is 18.4. The van der Waals surface area contributed by atoms with Crippen LogP contribution in [0.2, 0.25) is 0 Å². The topological polar surface area (TPSA) is 75.3 Å². The van der Waals surface area contributed by atoms with E-state index in [0.29, 0.717) is 5.56 Å². The maximum absolute atomic E-state index is 12.4.